The van der Waals surface area contributed by atoms with Gasteiger partial charge in [-0.3, -0.25) is 9.69 Å². The van der Waals surface area contributed by atoms with Gasteiger partial charge >= 0.3 is 0 Å². The van der Waals surface area contributed by atoms with Crippen LogP contribution >= 0.6 is 11.3 Å². The summed E-state index contributed by atoms with van der Waals surface area (Å²) in [7, 11) is 0. The summed E-state index contributed by atoms with van der Waals surface area (Å²) in [5.41, 5.74) is 1.28. The molecular formula is C17H26N2O2S. The third-order valence-electron chi connectivity index (χ3n) is 5.03. The van der Waals surface area contributed by atoms with Crippen LogP contribution in [0.3, 0.4) is 0 Å². The summed E-state index contributed by atoms with van der Waals surface area (Å²) in [6.07, 6.45) is 6.78. The number of carbonyl (C=O) groups is 1. The Kier molecular flexibility index (Phi) is 5.50. The van der Waals surface area contributed by atoms with Crippen molar-refractivity contribution >= 4 is 17.2 Å². The lowest BCUT2D eigenvalue weighted by Crippen LogP contribution is -2.59. The zero-order chi connectivity index (χ0) is 15.3. The third-order valence-corrected chi connectivity index (χ3v) is 5.76. The number of thiophene rings is 1. The van der Waals surface area contributed by atoms with Gasteiger partial charge in [-0.1, -0.05) is 19.3 Å². The summed E-state index contributed by atoms with van der Waals surface area (Å²) in [5, 5.41) is 7.29. The fraction of sp³-hybridized carbons (Fsp3) is 0.706. The number of amides is 1. The molecule has 22 heavy (non-hydrogen) atoms. The highest BCUT2D eigenvalue weighted by Crippen LogP contribution is 2.33. The van der Waals surface area contributed by atoms with Crippen molar-refractivity contribution in [3.05, 3.63) is 22.4 Å². The molecule has 4 nitrogen and oxygen atoms in total. The topological polar surface area (TPSA) is 41.6 Å². The molecule has 2 aliphatic rings. The van der Waals surface area contributed by atoms with Gasteiger partial charge in [0.05, 0.1) is 19.6 Å². The molecule has 2 fully saturated rings. The molecule has 0 aromatic carbocycles. The van der Waals surface area contributed by atoms with Crippen LogP contribution in [0, 0.1) is 0 Å². The number of nitrogens with zero attached hydrogens (tertiary/aromatic N) is 1. The van der Waals surface area contributed by atoms with Crippen molar-refractivity contribution in [2.75, 3.05) is 32.8 Å². The molecule has 1 aromatic rings. The number of hydrogen-bond donors (Lipinski definition) is 1. The molecule has 0 radical (unpaired) electrons. The minimum Gasteiger partial charge on any atom is -0.379 e. The van der Waals surface area contributed by atoms with E-state index in [9.17, 15) is 4.79 Å². The predicted octanol–water partition coefficient (Wildman–Crippen LogP) is 2.44. The Bertz CT molecular complexity index is 463. The molecular weight excluding hydrogens is 296 g/mol. The molecule has 1 saturated carbocycles. The second kappa shape index (κ2) is 7.57. The highest BCUT2D eigenvalue weighted by molar-refractivity contribution is 7.07. The van der Waals surface area contributed by atoms with E-state index in [-0.39, 0.29) is 11.4 Å². The monoisotopic (exact) mass is 322 g/mol. The fourth-order valence-electron chi connectivity index (χ4n) is 3.76. The summed E-state index contributed by atoms with van der Waals surface area (Å²) in [6.45, 7) is 4.44. The zero-order valence-electron chi connectivity index (χ0n) is 13.2. The molecule has 2 heterocycles. The maximum Gasteiger partial charge on any atom is 0.224 e. The maximum atomic E-state index is 12.2. The Morgan fingerprint density at radius 1 is 1.27 bits per heavy atom. The van der Waals surface area contributed by atoms with Crippen LogP contribution in [0.25, 0.3) is 0 Å². The van der Waals surface area contributed by atoms with Gasteiger partial charge in [0, 0.05) is 25.2 Å². The summed E-state index contributed by atoms with van der Waals surface area (Å²) in [5.74, 6) is 0.150. The number of ether oxygens (including phenoxy) is 1. The average Bonchev–Trinajstić information content (AvgIpc) is 3.08. The van der Waals surface area contributed by atoms with E-state index in [1.807, 2.05) is 11.4 Å². The highest BCUT2D eigenvalue weighted by atomic mass is 32.1. The van der Waals surface area contributed by atoms with Crippen LogP contribution in [0.2, 0.25) is 0 Å². The molecule has 1 saturated heterocycles. The van der Waals surface area contributed by atoms with Crippen LogP contribution in [0.5, 0.6) is 0 Å². The summed E-state index contributed by atoms with van der Waals surface area (Å²) < 4.78 is 5.50. The molecule has 0 atom stereocenters. The summed E-state index contributed by atoms with van der Waals surface area (Å²) in [6, 6.07) is 2.03. The van der Waals surface area contributed by atoms with E-state index in [4.69, 9.17) is 4.74 Å². The second-order valence-electron chi connectivity index (χ2n) is 6.47. The number of morpholine rings is 1. The lowest BCUT2D eigenvalue weighted by Gasteiger charge is -2.48. The van der Waals surface area contributed by atoms with Crippen LogP contribution in [-0.2, 0) is 16.0 Å². The van der Waals surface area contributed by atoms with E-state index in [0.29, 0.717) is 6.42 Å². The smallest absolute Gasteiger partial charge is 0.224 e. The first kappa shape index (κ1) is 16.0. The van der Waals surface area contributed by atoms with Gasteiger partial charge in [-0.25, -0.2) is 0 Å². The van der Waals surface area contributed by atoms with Crippen LogP contribution in [0.1, 0.15) is 37.7 Å². The lowest BCUT2D eigenvalue weighted by atomic mass is 9.79. The number of nitrogens with one attached hydrogen (secondary N) is 1. The number of carbonyl (C=O) groups excluding carboxylic acids is 1. The SMILES string of the molecule is O=C(Cc1ccsc1)NCC1(N2CCOCC2)CCCCC1. The van der Waals surface area contributed by atoms with Gasteiger partial charge in [0.15, 0.2) is 0 Å². The predicted molar refractivity (Wildman–Crippen MR) is 89.2 cm³/mol. The molecule has 1 N–H and O–H groups in total. The van der Waals surface area contributed by atoms with Crippen LogP contribution < -0.4 is 5.32 Å². The first-order valence-corrected chi connectivity index (χ1v) is 9.33. The average molecular weight is 322 g/mol. The minimum atomic E-state index is 0.150. The van der Waals surface area contributed by atoms with Gasteiger partial charge in [0.25, 0.3) is 0 Å². The maximum absolute atomic E-state index is 12.2. The van der Waals surface area contributed by atoms with E-state index >= 15 is 0 Å². The molecule has 1 amide bonds. The Morgan fingerprint density at radius 2 is 2.05 bits per heavy atom. The van der Waals surface area contributed by atoms with Gasteiger partial charge in [0.1, 0.15) is 0 Å². The first-order chi connectivity index (χ1) is 10.8. The molecule has 0 unspecified atom stereocenters. The van der Waals surface area contributed by atoms with Gasteiger partial charge in [-0.2, -0.15) is 11.3 Å². The molecule has 1 aliphatic carbocycles. The molecule has 1 aromatic heterocycles. The van der Waals surface area contributed by atoms with Crippen molar-refractivity contribution in [1.82, 2.24) is 10.2 Å². The van der Waals surface area contributed by atoms with Gasteiger partial charge in [0.2, 0.25) is 5.91 Å². The standard InChI is InChI=1S/C17H26N2O2S/c20-16(12-15-4-11-22-13-15)18-14-17(5-2-1-3-6-17)19-7-9-21-10-8-19/h4,11,13H,1-3,5-10,12,14H2,(H,18,20). The lowest BCUT2D eigenvalue weighted by molar-refractivity contribution is -0.121. The van der Waals surface area contributed by atoms with Gasteiger partial charge < -0.3 is 10.1 Å². The first-order valence-electron chi connectivity index (χ1n) is 8.39. The van der Waals surface area contributed by atoms with E-state index in [0.717, 1.165) is 38.4 Å². The van der Waals surface area contributed by atoms with Crippen LogP contribution in [0.4, 0.5) is 0 Å². The van der Waals surface area contributed by atoms with Crippen molar-refractivity contribution in [2.45, 2.75) is 44.1 Å². The van der Waals surface area contributed by atoms with Crippen molar-refractivity contribution in [3.63, 3.8) is 0 Å². The largest absolute Gasteiger partial charge is 0.379 e. The molecule has 3 rings (SSSR count). The van der Waals surface area contributed by atoms with Crippen molar-refractivity contribution in [3.8, 4) is 0 Å². The van der Waals surface area contributed by atoms with Crippen molar-refractivity contribution in [2.24, 2.45) is 0 Å². The van der Waals surface area contributed by atoms with E-state index in [2.05, 4.69) is 15.6 Å². The molecule has 5 heteroatoms. The normalized spacial score (nSPS) is 22.4. The van der Waals surface area contributed by atoms with Crippen molar-refractivity contribution in [1.29, 1.82) is 0 Å². The Balaban J connectivity index is 1.58. The molecule has 0 spiro atoms. The minimum absolute atomic E-state index is 0.150. The highest BCUT2D eigenvalue weighted by Gasteiger charge is 2.38. The second-order valence-corrected chi connectivity index (χ2v) is 7.25. The van der Waals surface area contributed by atoms with E-state index < -0.39 is 0 Å². The summed E-state index contributed by atoms with van der Waals surface area (Å²) in [4.78, 5) is 14.8. The van der Waals surface area contributed by atoms with Crippen molar-refractivity contribution < 1.29 is 9.53 Å². The van der Waals surface area contributed by atoms with E-state index in [1.165, 1.54) is 32.1 Å². The quantitative estimate of drug-likeness (QED) is 0.905. The van der Waals surface area contributed by atoms with Gasteiger partial charge in [-0.15, -0.1) is 0 Å². The van der Waals surface area contributed by atoms with Gasteiger partial charge in [-0.05, 0) is 35.2 Å². The fourth-order valence-corrected chi connectivity index (χ4v) is 4.43. The van der Waals surface area contributed by atoms with Crippen LogP contribution in [0.15, 0.2) is 16.8 Å². The molecule has 122 valence electrons. The Hall–Kier alpha value is -0.910. The van der Waals surface area contributed by atoms with Crippen LogP contribution in [-0.4, -0.2) is 49.2 Å². The third kappa shape index (κ3) is 3.89. The zero-order valence-corrected chi connectivity index (χ0v) is 14.0. The molecule has 1 aliphatic heterocycles. The Labute approximate surface area is 136 Å². The summed E-state index contributed by atoms with van der Waals surface area (Å²) >= 11 is 1.65. The number of rotatable bonds is 5. The number of hydrogen-bond acceptors (Lipinski definition) is 4. The molecule has 0 bridgehead atoms. The Morgan fingerprint density at radius 3 is 2.73 bits per heavy atom. The van der Waals surface area contributed by atoms with E-state index in [1.54, 1.807) is 11.3 Å².